The van der Waals surface area contributed by atoms with Gasteiger partial charge in [-0.2, -0.15) is 11.3 Å². The van der Waals surface area contributed by atoms with Crippen LogP contribution in [0, 0.1) is 5.92 Å². The highest BCUT2D eigenvalue weighted by Crippen LogP contribution is 2.17. The van der Waals surface area contributed by atoms with Gasteiger partial charge in [0, 0.05) is 29.6 Å². The van der Waals surface area contributed by atoms with Crippen LogP contribution in [0.1, 0.15) is 11.1 Å². The summed E-state index contributed by atoms with van der Waals surface area (Å²) in [6, 6.07) is 9.76. The summed E-state index contributed by atoms with van der Waals surface area (Å²) in [7, 11) is 0. The molecule has 2 N–H and O–H groups in total. The van der Waals surface area contributed by atoms with Gasteiger partial charge in [0.1, 0.15) is 0 Å². The average Bonchev–Trinajstić information content (AvgIpc) is 3.03. The summed E-state index contributed by atoms with van der Waals surface area (Å²) in [4.78, 5) is 11.9. The van der Waals surface area contributed by atoms with E-state index < -0.39 is 0 Å². The summed E-state index contributed by atoms with van der Waals surface area (Å²) in [5.41, 5.74) is 2.15. The lowest BCUT2D eigenvalue weighted by atomic mass is 10.0. The maximum absolute atomic E-state index is 11.9. The van der Waals surface area contributed by atoms with Crippen molar-refractivity contribution in [1.82, 2.24) is 5.32 Å². The second-order valence-electron chi connectivity index (χ2n) is 4.98. The van der Waals surface area contributed by atoms with Gasteiger partial charge in [0.2, 0.25) is 5.91 Å². The molecule has 0 fully saturated rings. The Morgan fingerprint density at radius 2 is 2.18 bits per heavy atom. The minimum Gasteiger partial charge on any atom is -0.396 e. The highest BCUT2D eigenvalue weighted by Gasteiger charge is 2.10. The van der Waals surface area contributed by atoms with Crippen molar-refractivity contribution >= 4 is 39.2 Å². The molecule has 3 nitrogen and oxygen atoms in total. The van der Waals surface area contributed by atoms with E-state index in [-0.39, 0.29) is 18.4 Å². The number of amides is 1. The van der Waals surface area contributed by atoms with E-state index >= 15 is 0 Å². The molecule has 2 rings (SSSR count). The maximum Gasteiger partial charge on any atom is 0.244 e. The number of rotatable bonds is 7. The number of hydrogen-bond acceptors (Lipinski definition) is 3. The summed E-state index contributed by atoms with van der Waals surface area (Å²) in [5, 5.41) is 16.3. The van der Waals surface area contributed by atoms with E-state index in [1.807, 2.05) is 35.7 Å². The monoisotopic (exact) mass is 379 g/mol. The fourth-order valence-electron chi connectivity index (χ4n) is 2.02. The largest absolute Gasteiger partial charge is 0.396 e. The molecule has 0 saturated heterocycles. The minimum atomic E-state index is -0.153. The van der Waals surface area contributed by atoms with Crippen LogP contribution >= 0.6 is 27.3 Å². The minimum absolute atomic E-state index is 0.0374. The highest BCUT2D eigenvalue weighted by molar-refractivity contribution is 9.10. The quantitative estimate of drug-likeness (QED) is 0.723. The van der Waals surface area contributed by atoms with Crippen molar-refractivity contribution in [2.45, 2.75) is 6.42 Å². The SMILES string of the molecule is O=C(C=Cc1ccccc1Br)NCC(CO)Cc1ccsc1. The molecular weight excluding hydrogens is 362 g/mol. The van der Waals surface area contributed by atoms with E-state index in [9.17, 15) is 9.90 Å². The zero-order valence-corrected chi connectivity index (χ0v) is 14.4. The first kappa shape index (κ1) is 16.9. The molecule has 1 unspecified atom stereocenters. The van der Waals surface area contributed by atoms with Gasteiger partial charge < -0.3 is 10.4 Å². The molecule has 0 radical (unpaired) electrons. The fraction of sp³-hybridized carbons (Fsp3) is 0.235. The number of carbonyl (C=O) groups is 1. The van der Waals surface area contributed by atoms with E-state index in [2.05, 4.69) is 26.6 Å². The van der Waals surface area contributed by atoms with Crippen LogP contribution in [0.2, 0.25) is 0 Å². The summed E-state index contributed by atoms with van der Waals surface area (Å²) in [6.07, 6.45) is 4.06. The number of halogens is 1. The number of thiophene rings is 1. The van der Waals surface area contributed by atoms with Gasteiger partial charge in [-0.25, -0.2) is 0 Å². The number of carbonyl (C=O) groups excluding carboxylic acids is 1. The Hall–Kier alpha value is -1.43. The average molecular weight is 380 g/mol. The van der Waals surface area contributed by atoms with Crippen LogP contribution in [0.25, 0.3) is 6.08 Å². The number of aliphatic hydroxyl groups excluding tert-OH is 1. The molecule has 0 aliphatic carbocycles. The molecule has 1 aromatic carbocycles. The van der Waals surface area contributed by atoms with E-state index in [4.69, 9.17) is 0 Å². The zero-order valence-electron chi connectivity index (χ0n) is 12.0. The molecule has 0 aliphatic heterocycles. The fourth-order valence-corrected chi connectivity index (χ4v) is 3.12. The molecule has 116 valence electrons. The lowest BCUT2D eigenvalue weighted by Crippen LogP contribution is -2.30. The molecule has 1 amide bonds. The maximum atomic E-state index is 11.9. The van der Waals surface area contributed by atoms with Gasteiger partial charge in [-0.15, -0.1) is 0 Å². The van der Waals surface area contributed by atoms with Crippen molar-refractivity contribution in [3.63, 3.8) is 0 Å². The molecule has 1 aromatic heterocycles. The van der Waals surface area contributed by atoms with Crippen LogP contribution in [0.5, 0.6) is 0 Å². The third kappa shape index (κ3) is 5.40. The first-order valence-corrected chi connectivity index (χ1v) is 8.75. The summed E-state index contributed by atoms with van der Waals surface area (Å²) in [5.74, 6) is -0.116. The molecule has 0 saturated carbocycles. The van der Waals surface area contributed by atoms with Crippen LogP contribution in [-0.2, 0) is 11.2 Å². The topological polar surface area (TPSA) is 49.3 Å². The van der Waals surface area contributed by atoms with E-state index in [0.717, 1.165) is 16.5 Å². The normalized spacial score (nSPS) is 12.5. The Morgan fingerprint density at radius 1 is 1.36 bits per heavy atom. The van der Waals surface area contributed by atoms with Gasteiger partial charge in [-0.3, -0.25) is 4.79 Å². The highest BCUT2D eigenvalue weighted by atomic mass is 79.9. The zero-order chi connectivity index (χ0) is 15.8. The summed E-state index contributed by atoms with van der Waals surface area (Å²) >= 11 is 5.08. The van der Waals surface area contributed by atoms with Gasteiger partial charge in [-0.05, 0) is 46.5 Å². The van der Waals surface area contributed by atoms with Crippen molar-refractivity contribution < 1.29 is 9.90 Å². The van der Waals surface area contributed by atoms with Crippen molar-refractivity contribution in [2.75, 3.05) is 13.2 Å². The van der Waals surface area contributed by atoms with E-state index in [1.54, 1.807) is 17.4 Å². The molecular formula is C17H18BrNO2S. The smallest absolute Gasteiger partial charge is 0.244 e. The van der Waals surface area contributed by atoms with Gasteiger partial charge in [-0.1, -0.05) is 34.1 Å². The summed E-state index contributed by atoms with van der Waals surface area (Å²) in [6.45, 7) is 0.523. The Morgan fingerprint density at radius 3 is 2.86 bits per heavy atom. The molecule has 0 spiro atoms. The van der Waals surface area contributed by atoms with E-state index in [1.165, 1.54) is 11.6 Å². The lowest BCUT2D eigenvalue weighted by Gasteiger charge is -2.13. The third-order valence-electron chi connectivity index (χ3n) is 3.25. The van der Waals surface area contributed by atoms with Crippen LogP contribution < -0.4 is 5.32 Å². The van der Waals surface area contributed by atoms with Crippen molar-refractivity contribution in [2.24, 2.45) is 5.92 Å². The van der Waals surface area contributed by atoms with Gasteiger partial charge >= 0.3 is 0 Å². The van der Waals surface area contributed by atoms with Crippen LogP contribution in [-0.4, -0.2) is 24.2 Å². The summed E-state index contributed by atoms with van der Waals surface area (Å²) < 4.78 is 0.949. The Balaban J connectivity index is 1.82. The molecule has 0 bridgehead atoms. The van der Waals surface area contributed by atoms with Crippen LogP contribution in [0.3, 0.4) is 0 Å². The van der Waals surface area contributed by atoms with Gasteiger partial charge in [0.25, 0.3) is 0 Å². The number of aliphatic hydroxyl groups is 1. The molecule has 1 heterocycles. The first-order valence-electron chi connectivity index (χ1n) is 7.01. The molecule has 0 aliphatic rings. The Labute approximate surface area is 142 Å². The van der Waals surface area contributed by atoms with Crippen LogP contribution in [0.4, 0.5) is 0 Å². The Bertz CT molecular complexity index is 625. The lowest BCUT2D eigenvalue weighted by molar-refractivity contribution is -0.116. The standard InChI is InChI=1S/C17H18BrNO2S/c18-16-4-2-1-3-15(16)5-6-17(21)19-10-14(11-20)9-13-7-8-22-12-13/h1-8,12,14,20H,9-11H2,(H,19,21). The van der Waals surface area contributed by atoms with Crippen LogP contribution in [0.15, 0.2) is 51.6 Å². The van der Waals surface area contributed by atoms with Crippen molar-refractivity contribution in [1.29, 1.82) is 0 Å². The Kier molecular flexibility index (Phi) is 6.83. The third-order valence-corrected chi connectivity index (χ3v) is 4.70. The van der Waals surface area contributed by atoms with E-state index in [0.29, 0.717) is 6.54 Å². The second-order valence-corrected chi connectivity index (χ2v) is 6.62. The molecule has 2 aromatic rings. The number of nitrogens with one attached hydrogen (secondary N) is 1. The molecule has 5 heteroatoms. The van der Waals surface area contributed by atoms with Gasteiger partial charge in [0.05, 0.1) is 0 Å². The first-order chi connectivity index (χ1) is 10.7. The molecule has 1 atom stereocenters. The predicted molar refractivity (Wildman–Crippen MR) is 94.8 cm³/mol. The van der Waals surface area contributed by atoms with Crippen molar-refractivity contribution in [3.8, 4) is 0 Å². The molecule has 22 heavy (non-hydrogen) atoms. The second kappa shape index (κ2) is 8.88. The predicted octanol–water partition coefficient (Wildman–Crippen LogP) is 3.49. The van der Waals surface area contributed by atoms with Gasteiger partial charge in [0.15, 0.2) is 0 Å². The number of benzene rings is 1. The van der Waals surface area contributed by atoms with Crippen molar-refractivity contribution in [3.05, 3.63) is 62.8 Å². The number of hydrogen-bond donors (Lipinski definition) is 2.